The molecule has 0 saturated carbocycles. The summed E-state index contributed by atoms with van der Waals surface area (Å²) in [4.78, 5) is 18.0. The number of primary amides is 1. The Morgan fingerprint density at radius 3 is 1.56 bits per heavy atom. The van der Waals surface area contributed by atoms with Crippen LogP contribution in [0.5, 0.6) is 0 Å². The molecular formula is C4H7NO4. The maximum absolute atomic E-state index is 9.47. The second-order valence-electron chi connectivity index (χ2n) is 0.889. The van der Waals surface area contributed by atoms with Crippen LogP contribution < -0.4 is 5.73 Å². The molecule has 0 aromatic rings. The Morgan fingerprint density at radius 2 is 1.56 bits per heavy atom. The van der Waals surface area contributed by atoms with E-state index in [1.165, 1.54) is 0 Å². The fourth-order valence-electron chi connectivity index (χ4n) is 0. The van der Waals surface area contributed by atoms with Gasteiger partial charge >= 0.3 is 6.16 Å². The van der Waals surface area contributed by atoms with Gasteiger partial charge in [-0.2, -0.15) is 0 Å². The molecule has 9 heavy (non-hydrogen) atoms. The third-order valence-corrected chi connectivity index (χ3v) is 0.201. The van der Waals surface area contributed by atoms with Crippen molar-refractivity contribution in [2.45, 2.75) is 0 Å². The van der Waals surface area contributed by atoms with Crippen molar-refractivity contribution >= 4 is 12.1 Å². The summed E-state index contributed by atoms with van der Waals surface area (Å²) < 4.78 is 0. The Morgan fingerprint density at radius 1 is 1.44 bits per heavy atom. The van der Waals surface area contributed by atoms with Crippen molar-refractivity contribution in [3.8, 4) is 0 Å². The number of amides is 1. The highest BCUT2D eigenvalue weighted by Crippen LogP contribution is 1.48. The minimum atomic E-state index is -1.83. The summed E-state index contributed by atoms with van der Waals surface area (Å²) in [5, 5.41) is 13.9. The van der Waals surface area contributed by atoms with Gasteiger partial charge in [0, 0.05) is 0 Å². The Hall–Kier alpha value is -1.52. The first kappa shape index (κ1) is 10.5. The van der Waals surface area contributed by atoms with Gasteiger partial charge in [-0.25, -0.2) is 4.79 Å². The van der Waals surface area contributed by atoms with Gasteiger partial charge in [-0.15, -0.1) is 0 Å². The fourth-order valence-corrected chi connectivity index (χ4v) is 0. The summed E-state index contributed by atoms with van der Waals surface area (Å²) in [7, 11) is 0. The Kier molecular flexibility index (Phi) is 7.53. The molecule has 0 aromatic heterocycles. The molecule has 0 spiro atoms. The molecule has 5 heteroatoms. The lowest BCUT2D eigenvalue weighted by Crippen LogP contribution is -2.04. The molecule has 0 aliphatic heterocycles. The second-order valence-corrected chi connectivity index (χ2v) is 0.889. The Labute approximate surface area is 51.4 Å². The smallest absolute Gasteiger partial charge is 0.450 e. The van der Waals surface area contributed by atoms with E-state index in [4.69, 9.17) is 15.0 Å². The molecule has 1 amide bonds. The van der Waals surface area contributed by atoms with Crippen molar-refractivity contribution < 1.29 is 19.8 Å². The molecule has 0 fully saturated rings. The first-order valence-electron chi connectivity index (χ1n) is 1.84. The van der Waals surface area contributed by atoms with Crippen molar-refractivity contribution in [3.05, 3.63) is 12.7 Å². The van der Waals surface area contributed by atoms with Crippen molar-refractivity contribution in [2.24, 2.45) is 5.73 Å². The predicted octanol–water partition coefficient (Wildman–Crippen LogP) is -0.120. The molecule has 0 aliphatic rings. The minimum absolute atomic E-state index is 0.481. The fraction of sp³-hybridized carbons (Fsp3) is 0. The predicted molar refractivity (Wildman–Crippen MR) is 30.0 cm³/mol. The number of hydrogen-bond acceptors (Lipinski definition) is 2. The van der Waals surface area contributed by atoms with E-state index in [1.54, 1.807) is 0 Å². The molecule has 0 rings (SSSR count). The van der Waals surface area contributed by atoms with E-state index < -0.39 is 12.1 Å². The number of nitrogens with two attached hydrogens (primary N) is 1. The molecule has 0 radical (unpaired) electrons. The average Bonchev–Trinajstić information content (AvgIpc) is 1.65. The number of carbonyl (C=O) groups excluding carboxylic acids is 1. The van der Waals surface area contributed by atoms with Gasteiger partial charge in [0.15, 0.2) is 0 Å². The lowest BCUT2D eigenvalue weighted by Gasteiger charge is -1.65. The summed E-state index contributed by atoms with van der Waals surface area (Å²) in [6.07, 6.45) is -0.778. The zero-order valence-electron chi connectivity index (χ0n) is 4.57. The Balaban J connectivity index is 0. The van der Waals surface area contributed by atoms with Crippen LogP contribution in [0.3, 0.4) is 0 Å². The van der Waals surface area contributed by atoms with E-state index in [-0.39, 0.29) is 0 Å². The lowest BCUT2D eigenvalue weighted by molar-refractivity contribution is -0.113. The third-order valence-electron chi connectivity index (χ3n) is 0.201. The SMILES string of the molecule is C=CC(N)=O.O=C(O)O. The summed E-state index contributed by atoms with van der Waals surface area (Å²) in [6, 6.07) is 0. The molecule has 0 unspecified atom stereocenters. The van der Waals surface area contributed by atoms with Crippen LogP contribution >= 0.6 is 0 Å². The molecule has 52 valence electrons. The lowest BCUT2D eigenvalue weighted by atomic mass is 10.6. The van der Waals surface area contributed by atoms with Gasteiger partial charge in [-0.3, -0.25) is 4.79 Å². The normalized spacial score (nSPS) is 6.22. The van der Waals surface area contributed by atoms with Crippen molar-refractivity contribution in [1.82, 2.24) is 0 Å². The van der Waals surface area contributed by atoms with Gasteiger partial charge in [-0.05, 0) is 6.08 Å². The summed E-state index contributed by atoms with van der Waals surface area (Å²) in [5.74, 6) is -0.481. The van der Waals surface area contributed by atoms with Crippen molar-refractivity contribution in [3.63, 3.8) is 0 Å². The van der Waals surface area contributed by atoms with Crippen molar-refractivity contribution in [2.75, 3.05) is 0 Å². The zero-order valence-corrected chi connectivity index (χ0v) is 4.57. The van der Waals surface area contributed by atoms with Crippen LogP contribution in [0.2, 0.25) is 0 Å². The number of hydrogen-bond donors (Lipinski definition) is 3. The third kappa shape index (κ3) is 564. The second kappa shape index (κ2) is 6.48. The summed E-state index contributed by atoms with van der Waals surface area (Å²) in [5.41, 5.74) is 4.53. The van der Waals surface area contributed by atoms with Crippen LogP contribution in [0, 0.1) is 0 Å². The number of rotatable bonds is 1. The van der Waals surface area contributed by atoms with E-state index in [9.17, 15) is 4.79 Å². The van der Waals surface area contributed by atoms with Crippen LogP contribution in [-0.4, -0.2) is 22.3 Å². The topological polar surface area (TPSA) is 101 Å². The quantitative estimate of drug-likeness (QED) is 0.434. The summed E-state index contributed by atoms with van der Waals surface area (Å²) >= 11 is 0. The molecule has 0 aromatic carbocycles. The maximum Gasteiger partial charge on any atom is 0.503 e. The van der Waals surface area contributed by atoms with E-state index in [1.807, 2.05) is 0 Å². The average molecular weight is 133 g/mol. The molecule has 0 saturated heterocycles. The van der Waals surface area contributed by atoms with Crippen molar-refractivity contribution in [1.29, 1.82) is 0 Å². The van der Waals surface area contributed by atoms with Gasteiger partial charge in [0.1, 0.15) is 0 Å². The van der Waals surface area contributed by atoms with E-state index in [0.29, 0.717) is 0 Å². The van der Waals surface area contributed by atoms with E-state index in [0.717, 1.165) is 6.08 Å². The molecule has 0 bridgehead atoms. The first-order chi connectivity index (χ1) is 4.00. The standard InChI is InChI=1S/C3H5NO.CH2O3/c1-2-3(4)5;2-1(3)4/h2H,1H2,(H2,4,5);(H2,2,3,4). The monoisotopic (exact) mass is 133 g/mol. The highest BCUT2D eigenvalue weighted by molar-refractivity contribution is 5.84. The molecule has 4 N–H and O–H groups in total. The molecular weight excluding hydrogens is 126 g/mol. The van der Waals surface area contributed by atoms with Crippen LogP contribution in [0.15, 0.2) is 12.7 Å². The van der Waals surface area contributed by atoms with Crippen LogP contribution in [0.25, 0.3) is 0 Å². The van der Waals surface area contributed by atoms with Gasteiger partial charge in [0.05, 0.1) is 0 Å². The van der Waals surface area contributed by atoms with E-state index in [2.05, 4.69) is 12.3 Å². The largest absolute Gasteiger partial charge is 0.503 e. The number of carboxylic acid groups (broad SMARTS) is 2. The number of carbonyl (C=O) groups is 2. The summed E-state index contributed by atoms with van der Waals surface area (Å²) in [6.45, 7) is 3.09. The minimum Gasteiger partial charge on any atom is -0.450 e. The first-order valence-corrected chi connectivity index (χ1v) is 1.84. The zero-order chi connectivity index (χ0) is 7.86. The molecule has 0 aliphatic carbocycles. The maximum atomic E-state index is 9.47. The highest BCUT2D eigenvalue weighted by atomic mass is 16.6. The van der Waals surface area contributed by atoms with Gasteiger partial charge in [0.25, 0.3) is 0 Å². The molecule has 5 nitrogen and oxygen atoms in total. The highest BCUT2D eigenvalue weighted by Gasteiger charge is 1.70. The Bertz CT molecular complexity index is 116. The van der Waals surface area contributed by atoms with Gasteiger partial charge in [-0.1, -0.05) is 6.58 Å². The molecule has 0 heterocycles. The van der Waals surface area contributed by atoms with Crippen LogP contribution in [-0.2, 0) is 4.79 Å². The van der Waals surface area contributed by atoms with Gasteiger partial charge in [0.2, 0.25) is 5.91 Å². The van der Waals surface area contributed by atoms with Crippen LogP contribution in [0.1, 0.15) is 0 Å². The van der Waals surface area contributed by atoms with Crippen LogP contribution in [0.4, 0.5) is 4.79 Å². The van der Waals surface area contributed by atoms with Gasteiger partial charge < -0.3 is 15.9 Å². The molecule has 0 atom stereocenters. The van der Waals surface area contributed by atoms with E-state index >= 15 is 0 Å².